The molecule has 1 aliphatic carbocycles. The molecular formula is C19H21NO2. The van der Waals surface area contributed by atoms with Crippen LogP contribution in [0.5, 0.6) is 0 Å². The Bertz CT molecular complexity index is 733. The van der Waals surface area contributed by atoms with Crippen LogP contribution in [0.2, 0.25) is 0 Å². The summed E-state index contributed by atoms with van der Waals surface area (Å²) < 4.78 is 5.48. The number of carbonyl (C=O) groups excluding carboxylic acids is 1. The monoisotopic (exact) mass is 295 g/mol. The van der Waals surface area contributed by atoms with Crippen LogP contribution in [0.25, 0.3) is 10.8 Å². The van der Waals surface area contributed by atoms with Crippen molar-refractivity contribution in [3.63, 3.8) is 0 Å². The summed E-state index contributed by atoms with van der Waals surface area (Å²) in [5.74, 6) is 0.636. The number of benzene rings is 2. The second-order valence-electron chi connectivity index (χ2n) is 6.98. The van der Waals surface area contributed by atoms with Crippen molar-refractivity contribution >= 4 is 16.7 Å². The van der Waals surface area contributed by atoms with Gasteiger partial charge in [0.05, 0.1) is 13.2 Å². The molecule has 0 aromatic heterocycles. The van der Waals surface area contributed by atoms with Crippen LogP contribution in [0.1, 0.15) is 17.9 Å². The highest BCUT2D eigenvalue weighted by Gasteiger charge is 2.61. The van der Waals surface area contributed by atoms with Crippen molar-refractivity contribution in [3.05, 3.63) is 48.0 Å². The molecule has 2 atom stereocenters. The maximum atomic E-state index is 12.5. The summed E-state index contributed by atoms with van der Waals surface area (Å²) in [4.78, 5) is 14.2. The molecule has 114 valence electrons. The first-order valence-corrected chi connectivity index (χ1v) is 7.88. The third-order valence-corrected chi connectivity index (χ3v) is 5.36. The van der Waals surface area contributed by atoms with Crippen molar-refractivity contribution in [3.8, 4) is 0 Å². The molecule has 3 nitrogen and oxygen atoms in total. The second-order valence-corrected chi connectivity index (χ2v) is 6.98. The molecular weight excluding hydrogens is 274 g/mol. The lowest BCUT2D eigenvalue weighted by Crippen LogP contribution is -2.61. The number of nitrogens with zero attached hydrogens (tertiary/aromatic N) is 1. The SMILES string of the molecule is CN(C)C(=O)C1CC2(COC2)C1c1ccc2ccccc2c1. The molecule has 3 heteroatoms. The van der Waals surface area contributed by atoms with E-state index in [4.69, 9.17) is 4.74 Å². The maximum Gasteiger partial charge on any atom is 0.225 e. The Morgan fingerprint density at radius 2 is 1.86 bits per heavy atom. The van der Waals surface area contributed by atoms with Gasteiger partial charge in [-0.15, -0.1) is 0 Å². The second kappa shape index (κ2) is 4.82. The van der Waals surface area contributed by atoms with Gasteiger partial charge in [-0.2, -0.15) is 0 Å². The van der Waals surface area contributed by atoms with Crippen molar-refractivity contribution in [1.29, 1.82) is 0 Å². The van der Waals surface area contributed by atoms with Crippen molar-refractivity contribution in [2.45, 2.75) is 12.3 Å². The molecule has 1 spiro atoms. The summed E-state index contributed by atoms with van der Waals surface area (Å²) in [7, 11) is 3.70. The lowest BCUT2D eigenvalue weighted by Gasteiger charge is -2.59. The van der Waals surface area contributed by atoms with E-state index in [1.807, 2.05) is 14.1 Å². The highest BCUT2D eigenvalue weighted by Crippen LogP contribution is 2.61. The van der Waals surface area contributed by atoms with Gasteiger partial charge < -0.3 is 9.64 Å². The summed E-state index contributed by atoms with van der Waals surface area (Å²) in [6.45, 7) is 1.59. The molecule has 1 saturated heterocycles. The Labute approximate surface area is 130 Å². The zero-order valence-corrected chi connectivity index (χ0v) is 13.1. The van der Waals surface area contributed by atoms with Crippen LogP contribution in [0.4, 0.5) is 0 Å². The van der Waals surface area contributed by atoms with Gasteiger partial charge in [0.2, 0.25) is 5.91 Å². The predicted octanol–water partition coefficient (Wildman–Crippen LogP) is 3.05. The third-order valence-electron chi connectivity index (χ3n) is 5.36. The van der Waals surface area contributed by atoms with Gasteiger partial charge in [0.1, 0.15) is 0 Å². The Kier molecular flexibility index (Phi) is 3.01. The molecule has 2 fully saturated rings. The van der Waals surface area contributed by atoms with Gasteiger partial charge in [-0.25, -0.2) is 0 Å². The van der Waals surface area contributed by atoms with Crippen LogP contribution < -0.4 is 0 Å². The van der Waals surface area contributed by atoms with Crippen LogP contribution in [-0.2, 0) is 9.53 Å². The summed E-state index contributed by atoms with van der Waals surface area (Å²) in [6, 6.07) is 15.0. The Morgan fingerprint density at radius 1 is 1.14 bits per heavy atom. The quantitative estimate of drug-likeness (QED) is 0.852. The molecule has 0 N–H and O–H groups in total. The first-order valence-electron chi connectivity index (χ1n) is 7.88. The van der Waals surface area contributed by atoms with E-state index in [1.165, 1.54) is 16.3 Å². The van der Waals surface area contributed by atoms with E-state index in [0.29, 0.717) is 5.92 Å². The van der Waals surface area contributed by atoms with E-state index < -0.39 is 0 Å². The molecule has 1 saturated carbocycles. The fourth-order valence-electron chi connectivity index (χ4n) is 4.16. The van der Waals surface area contributed by atoms with Crippen molar-refractivity contribution in [2.24, 2.45) is 11.3 Å². The van der Waals surface area contributed by atoms with Gasteiger partial charge in [-0.05, 0) is 22.8 Å². The Balaban J connectivity index is 1.73. The van der Waals surface area contributed by atoms with E-state index in [9.17, 15) is 4.79 Å². The average molecular weight is 295 g/mol. The zero-order chi connectivity index (χ0) is 15.3. The van der Waals surface area contributed by atoms with Crippen molar-refractivity contribution in [2.75, 3.05) is 27.3 Å². The van der Waals surface area contributed by atoms with Crippen LogP contribution in [0.15, 0.2) is 42.5 Å². The van der Waals surface area contributed by atoms with Gasteiger partial charge in [-0.1, -0.05) is 42.5 Å². The minimum absolute atomic E-state index is 0.0973. The molecule has 2 aromatic carbocycles. The summed E-state index contributed by atoms with van der Waals surface area (Å²) in [6.07, 6.45) is 0.960. The first kappa shape index (κ1) is 13.8. The number of amides is 1. The number of fused-ring (bicyclic) bond motifs is 1. The Morgan fingerprint density at radius 3 is 2.50 bits per heavy atom. The lowest BCUT2D eigenvalue weighted by atomic mass is 9.50. The number of hydrogen-bond donors (Lipinski definition) is 0. The number of ether oxygens (including phenoxy) is 1. The molecule has 22 heavy (non-hydrogen) atoms. The van der Waals surface area contributed by atoms with Crippen LogP contribution in [-0.4, -0.2) is 38.1 Å². The zero-order valence-electron chi connectivity index (χ0n) is 13.1. The number of hydrogen-bond acceptors (Lipinski definition) is 2. The molecule has 0 bridgehead atoms. The van der Waals surface area contributed by atoms with Gasteiger partial charge in [0, 0.05) is 31.3 Å². The first-order chi connectivity index (χ1) is 10.6. The fourth-order valence-corrected chi connectivity index (χ4v) is 4.16. The molecule has 4 rings (SSSR count). The van der Waals surface area contributed by atoms with E-state index >= 15 is 0 Å². The average Bonchev–Trinajstić information content (AvgIpc) is 2.44. The van der Waals surface area contributed by atoms with Gasteiger partial charge in [0.25, 0.3) is 0 Å². The topological polar surface area (TPSA) is 29.5 Å². The summed E-state index contributed by atoms with van der Waals surface area (Å²) in [5.41, 5.74) is 1.48. The minimum Gasteiger partial charge on any atom is -0.380 e. The largest absolute Gasteiger partial charge is 0.380 e. The highest BCUT2D eigenvalue weighted by atomic mass is 16.5. The molecule has 1 aliphatic heterocycles. The van der Waals surface area contributed by atoms with Crippen LogP contribution in [0.3, 0.4) is 0 Å². The van der Waals surface area contributed by atoms with Crippen LogP contribution >= 0.6 is 0 Å². The van der Waals surface area contributed by atoms with Gasteiger partial charge >= 0.3 is 0 Å². The molecule has 2 aromatic rings. The van der Waals surface area contributed by atoms with Gasteiger partial charge in [-0.3, -0.25) is 4.79 Å². The van der Waals surface area contributed by atoms with Crippen molar-refractivity contribution in [1.82, 2.24) is 4.90 Å². The molecule has 1 heterocycles. The Hall–Kier alpha value is -1.87. The van der Waals surface area contributed by atoms with E-state index in [1.54, 1.807) is 4.90 Å². The highest BCUT2D eigenvalue weighted by molar-refractivity contribution is 5.85. The number of carbonyl (C=O) groups is 1. The predicted molar refractivity (Wildman–Crippen MR) is 86.7 cm³/mol. The molecule has 1 amide bonds. The standard InChI is InChI=1S/C19H21NO2/c1-20(2)18(21)16-10-19(11-22-12-19)17(16)15-8-7-13-5-3-4-6-14(13)9-15/h3-9,16-17H,10-12H2,1-2H3. The van der Waals surface area contributed by atoms with E-state index in [2.05, 4.69) is 42.5 Å². The molecule has 0 radical (unpaired) electrons. The molecule has 2 unspecified atom stereocenters. The van der Waals surface area contributed by atoms with E-state index in [-0.39, 0.29) is 17.2 Å². The maximum absolute atomic E-state index is 12.5. The third kappa shape index (κ3) is 1.88. The normalized spacial score (nSPS) is 25.5. The summed E-state index contributed by atoms with van der Waals surface area (Å²) in [5, 5.41) is 2.50. The summed E-state index contributed by atoms with van der Waals surface area (Å²) >= 11 is 0. The van der Waals surface area contributed by atoms with Gasteiger partial charge in [0.15, 0.2) is 0 Å². The fraction of sp³-hybridized carbons (Fsp3) is 0.421. The molecule has 2 aliphatic rings. The van der Waals surface area contributed by atoms with Crippen molar-refractivity contribution < 1.29 is 9.53 Å². The lowest BCUT2D eigenvalue weighted by molar-refractivity contribution is -0.201. The van der Waals surface area contributed by atoms with Crippen LogP contribution in [0, 0.1) is 11.3 Å². The minimum atomic E-state index is 0.0973. The number of rotatable bonds is 2. The smallest absolute Gasteiger partial charge is 0.225 e. The van der Waals surface area contributed by atoms with E-state index in [0.717, 1.165) is 19.6 Å².